The van der Waals surface area contributed by atoms with E-state index in [0.717, 1.165) is 31.2 Å². The molecule has 2 aromatic rings. The SMILES string of the molecule is Cc1ccc(-c2nc(CN3CCNCC3C)cs2)cc1. The smallest absolute Gasteiger partial charge is 0.123 e. The average molecular weight is 287 g/mol. The van der Waals surface area contributed by atoms with E-state index in [1.54, 1.807) is 11.3 Å². The topological polar surface area (TPSA) is 28.2 Å². The molecule has 0 amide bonds. The number of nitrogens with one attached hydrogen (secondary N) is 1. The molecule has 1 saturated heterocycles. The lowest BCUT2D eigenvalue weighted by Gasteiger charge is -2.33. The van der Waals surface area contributed by atoms with Gasteiger partial charge in [0.2, 0.25) is 0 Å². The lowest BCUT2D eigenvalue weighted by Crippen LogP contribution is -2.49. The van der Waals surface area contributed by atoms with Gasteiger partial charge >= 0.3 is 0 Å². The van der Waals surface area contributed by atoms with Gasteiger partial charge in [0.25, 0.3) is 0 Å². The first-order valence-electron chi connectivity index (χ1n) is 7.18. The molecule has 1 N–H and O–H groups in total. The van der Waals surface area contributed by atoms with Crippen molar-refractivity contribution < 1.29 is 0 Å². The quantitative estimate of drug-likeness (QED) is 0.941. The molecule has 3 rings (SSSR count). The Balaban J connectivity index is 1.71. The molecule has 20 heavy (non-hydrogen) atoms. The number of thiazole rings is 1. The highest BCUT2D eigenvalue weighted by atomic mass is 32.1. The summed E-state index contributed by atoms with van der Waals surface area (Å²) in [7, 11) is 0. The summed E-state index contributed by atoms with van der Waals surface area (Å²) >= 11 is 1.74. The minimum atomic E-state index is 0.591. The Morgan fingerprint density at radius 2 is 2.15 bits per heavy atom. The normalized spacial score (nSPS) is 20.2. The molecule has 0 saturated carbocycles. The Labute approximate surface area is 124 Å². The minimum absolute atomic E-state index is 0.591. The van der Waals surface area contributed by atoms with Crippen molar-refractivity contribution in [3.05, 3.63) is 40.9 Å². The molecule has 1 unspecified atom stereocenters. The fourth-order valence-electron chi connectivity index (χ4n) is 2.53. The van der Waals surface area contributed by atoms with Gasteiger partial charge in [-0.3, -0.25) is 4.90 Å². The monoisotopic (exact) mass is 287 g/mol. The summed E-state index contributed by atoms with van der Waals surface area (Å²) in [6, 6.07) is 9.20. The average Bonchev–Trinajstić information content (AvgIpc) is 2.91. The zero-order valence-corrected chi connectivity index (χ0v) is 12.9. The highest BCUT2D eigenvalue weighted by molar-refractivity contribution is 7.13. The predicted molar refractivity (Wildman–Crippen MR) is 85.0 cm³/mol. The van der Waals surface area contributed by atoms with Crippen LogP contribution in [-0.2, 0) is 6.54 Å². The van der Waals surface area contributed by atoms with Gasteiger partial charge in [-0.1, -0.05) is 29.8 Å². The van der Waals surface area contributed by atoms with Crippen molar-refractivity contribution >= 4 is 11.3 Å². The van der Waals surface area contributed by atoms with Crippen LogP contribution in [0.5, 0.6) is 0 Å². The highest BCUT2D eigenvalue weighted by Crippen LogP contribution is 2.24. The molecule has 2 heterocycles. The van der Waals surface area contributed by atoms with Gasteiger partial charge < -0.3 is 5.32 Å². The van der Waals surface area contributed by atoms with E-state index in [-0.39, 0.29) is 0 Å². The van der Waals surface area contributed by atoms with Crippen LogP contribution in [0.3, 0.4) is 0 Å². The minimum Gasteiger partial charge on any atom is -0.314 e. The zero-order chi connectivity index (χ0) is 13.9. The Morgan fingerprint density at radius 3 is 2.90 bits per heavy atom. The van der Waals surface area contributed by atoms with Crippen LogP contribution in [-0.4, -0.2) is 35.6 Å². The van der Waals surface area contributed by atoms with Gasteiger partial charge in [-0.25, -0.2) is 4.98 Å². The summed E-state index contributed by atoms with van der Waals surface area (Å²) in [5.74, 6) is 0. The maximum absolute atomic E-state index is 4.80. The van der Waals surface area contributed by atoms with Crippen LogP contribution in [0.4, 0.5) is 0 Å². The summed E-state index contributed by atoms with van der Waals surface area (Å²) in [5, 5.41) is 6.75. The van der Waals surface area contributed by atoms with Crippen molar-refractivity contribution in [1.29, 1.82) is 0 Å². The van der Waals surface area contributed by atoms with E-state index in [9.17, 15) is 0 Å². The van der Waals surface area contributed by atoms with Gasteiger partial charge in [-0.05, 0) is 13.8 Å². The van der Waals surface area contributed by atoms with E-state index >= 15 is 0 Å². The maximum atomic E-state index is 4.80. The molecule has 3 nitrogen and oxygen atoms in total. The van der Waals surface area contributed by atoms with Crippen LogP contribution in [0, 0.1) is 6.92 Å². The first-order valence-corrected chi connectivity index (χ1v) is 8.06. The fraction of sp³-hybridized carbons (Fsp3) is 0.438. The van der Waals surface area contributed by atoms with Gasteiger partial charge in [0.15, 0.2) is 0 Å². The van der Waals surface area contributed by atoms with E-state index in [4.69, 9.17) is 4.98 Å². The zero-order valence-electron chi connectivity index (χ0n) is 12.1. The summed E-state index contributed by atoms with van der Waals surface area (Å²) < 4.78 is 0. The molecule has 1 aromatic heterocycles. The number of hydrogen-bond acceptors (Lipinski definition) is 4. The highest BCUT2D eigenvalue weighted by Gasteiger charge is 2.18. The number of piperazine rings is 1. The molecule has 0 spiro atoms. The van der Waals surface area contributed by atoms with Crippen LogP contribution in [0.15, 0.2) is 29.6 Å². The molecule has 1 fully saturated rings. The lowest BCUT2D eigenvalue weighted by atomic mass is 10.2. The number of aryl methyl sites for hydroxylation is 1. The van der Waals surface area contributed by atoms with E-state index in [1.165, 1.54) is 16.8 Å². The molecule has 1 aliphatic rings. The fourth-order valence-corrected chi connectivity index (χ4v) is 3.35. The third kappa shape index (κ3) is 3.08. The standard InChI is InChI=1S/C16H21N3S/c1-12-3-5-14(6-4-12)16-18-15(11-20-16)10-19-8-7-17-9-13(19)2/h3-6,11,13,17H,7-10H2,1-2H3. The molecular weight excluding hydrogens is 266 g/mol. The molecule has 1 aromatic carbocycles. The molecule has 1 atom stereocenters. The summed E-state index contributed by atoms with van der Waals surface area (Å²) in [6.07, 6.45) is 0. The second-order valence-corrected chi connectivity index (χ2v) is 6.39. The van der Waals surface area contributed by atoms with E-state index in [1.807, 2.05) is 0 Å². The van der Waals surface area contributed by atoms with Gasteiger partial charge in [-0.15, -0.1) is 11.3 Å². The first kappa shape index (κ1) is 13.7. The summed E-state index contributed by atoms with van der Waals surface area (Å²) in [4.78, 5) is 7.30. The van der Waals surface area contributed by atoms with Crippen LogP contribution < -0.4 is 5.32 Å². The van der Waals surface area contributed by atoms with Crippen molar-refractivity contribution in [2.45, 2.75) is 26.4 Å². The number of aromatic nitrogens is 1. The Kier molecular flexibility index (Phi) is 4.15. The number of hydrogen-bond donors (Lipinski definition) is 1. The van der Waals surface area contributed by atoms with E-state index in [2.05, 4.69) is 53.7 Å². The molecule has 0 aliphatic carbocycles. The number of nitrogens with zero attached hydrogens (tertiary/aromatic N) is 2. The lowest BCUT2D eigenvalue weighted by molar-refractivity contribution is 0.164. The number of rotatable bonds is 3. The first-order chi connectivity index (χ1) is 9.72. The molecule has 1 aliphatic heterocycles. The van der Waals surface area contributed by atoms with Gasteiger partial charge in [0, 0.05) is 43.2 Å². The van der Waals surface area contributed by atoms with Gasteiger partial charge in [0.1, 0.15) is 5.01 Å². The van der Waals surface area contributed by atoms with Crippen molar-refractivity contribution in [2.75, 3.05) is 19.6 Å². The van der Waals surface area contributed by atoms with E-state index < -0.39 is 0 Å². The van der Waals surface area contributed by atoms with Crippen molar-refractivity contribution in [2.24, 2.45) is 0 Å². The Hall–Kier alpha value is -1.23. The van der Waals surface area contributed by atoms with Gasteiger partial charge in [0.05, 0.1) is 5.69 Å². The second-order valence-electron chi connectivity index (χ2n) is 5.53. The molecule has 0 radical (unpaired) electrons. The van der Waals surface area contributed by atoms with Crippen LogP contribution in [0.2, 0.25) is 0 Å². The third-order valence-corrected chi connectivity index (χ3v) is 4.79. The van der Waals surface area contributed by atoms with Crippen LogP contribution >= 0.6 is 11.3 Å². The predicted octanol–water partition coefficient (Wildman–Crippen LogP) is 2.91. The van der Waals surface area contributed by atoms with Crippen molar-refractivity contribution in [3.63, 3.8) is 0 Å². The second kappa shape index (κ2) is 6.04. The third-order valence-electron chi connectivity index (χ3n) is 3.85. The summed E-state index contributed by atoms with van der Waals surface area (Å²) in [5.41, 5.74) is 3.71. The Bertz CT molecular complexity index is 561. The maximum Gasteiger partial charge on any atom is 0.123 e. The van der Waals surface area contributed by atoms with Crippen LogP contribution in [0.1, 0.15) is 18.2 Å². The van der Waals surface area contributed by atoms with Crippen molar-refractivity contribution in [3.8, 4) is 10.6 Å². The van der Waals surface area contributed by atoms with Crippen molar-refractivity contribution in [1.82, 2.24) is 15.2 Å². The number of benzene rings is 1. The molecular formula is C16H21N3S. The molecule has 106 valence electrons. The summed E-state index contributed by atoms with van der Waals surface area (Å²) in [6.45, 7) is 8.63. The largest absolute Gasteiger partial charge is 0.314 e. The molecule has 0 bridgehead atoms. The van der Waals surface area contributed by atoms with E-state index in [0.29, 0.717) is 6.04 Å². The Morgan fingerprint density at radius 1 is 1.35 bits per heavy atom. The molecule has 4 heteroatoms. The van der Waals surface area contributed by atoms with Crippen LogP contribution in [0.25, 0.3) is 10.6 Å². The van der Waals surface area contributed by atoms with Gasteiger partial charge in [-0.2, -0.15) is 0 Å².